The van der Waals surface area contributed by atoms with Crippen molar-refractivity contribution < 1.29 is 0 Å². The van der Waals surface area contributed by atoms with Gasteiger partial charge in [0.2, 0.25) is 0 Å². The molecule has 1 aliphatic heterocycles. The van der Waals surface area contributed by atoms with Crippen LogP contribution in [0.25, 0.3) is 0 Å². The van der Waals surface area contributed by atoms with Crippen molar-refractivity contribution in [2.45, 2.75) is 65.0 Å². The largest absolute Gasteiger partial charge is 0.307 e. The lowest BCUT2D eigenvalue weighted by molar-refractivity contribution is 0.200. The van der Waals surface area contributed by atoms with Crippen LogP contribution in [0.5, 0.6) is 0 Å². The van der Waals surface area contributed by atoms with Crippen molar-refractivity contribution in [1.29, 1.82) is 0 Å². The lowest BCUT2D eigenvalue weighted by Crippen LogP contribution is -2.43. The molecule has 0 amide bonds. The molecule has 1 aliphatic rings. The van der Waals surface area contributed by atoms with Crippen LogP contribution in [0.2, 0.25) is 0 Å². The zero-order valence-corrected chi connectivity index (χ0v) is 14.4. The third-order valence-corrected chi connectivity index (χ3v) is 4.80. The van der Waals surface area contributed by atoms with E-state index in [2.05, 4.69) is 69.1 Å². The summed E-state index contributed by atoms with van der Waals surface area (Å²) in [6.45, 7) is 15.0. The molecule has 0 aromatic heterocycles. The minimum Gasteiger partial charge on any atom is -0.307 e. The first-order chi connectivity index (χ1) is 9.90. The predicted octanol–water partition coefficient (Wildman–Crippen LogP) is 4.12. The topological polar surface area (TPSA) is 15.3 Å². The maximum Gasteiger partial charge on any atom is 0.0294 e. The number of likely N-dealkylation sites (tertiary alicyclic amines) is 1. The van der Waals surface area contributed by atoms with E-state index >= 15 is 0 Å². The summed E-state index contributed by atoms with van der Waals surface area (Å²) in [7, 11) is 0. The molecule has 1 unspecified atom stereocenters. The van der Waals surface area contributed by atoms with Gasteiger partial charge in [-0.3, -0.25) is 0 Å². The van der Waals surface area contributed by atoms with Gasteiger partial charge in [-0.1, -0.05) is 52.0 Å². The fourth-order valence-corrected chi connectivity index (χ4v) is 3.14. The monoisotopic (exact) mass is 288 g/mol. The summed E-state index contributed by atoms with van der Waals surface area (Å²) >= 11 is 0. The maximum absolute atomic E-state index is 3.81. The van der Waals surface area contributed by atoms with Gasteiger partial charge in [-0.2, -0.15) is 0 Å². The first-order valence-corrected chi connectivity index (χ1v) is 8.49. The van der Waals surface area contributed by atoms with Crippen molar-refractivity contribution in [3.63, 3.8) is 0 Å². The van der Waals surface area contributed by atoms with Gasteiger partial charge in [0, 0.05) is 12.1 Å². The molecule has 1 fully saturated rings. The molecule has 1 N–H and O–H groups in total. The smallest absolute Gasteiger partial charge is 0.0294 e. The quantitative estimate of drug-likeness (QED) is 0.896. The van der Waals surface area contributed by atoms with E-state index in [9.17, 15) is 0 Å². The summed E-state index contributed by atoms with van der Waals surface area (Å²) < 4.78 is 0. The minimum absolute atomic E-state index is 0.238. The molecule has 0 bridgehead atoms. The fourth-order valence-electron chi connectivity index (χ4n) is 3.14. The molecule has 0 radical (unpaired) electrons. The number of hydrogen-bond donors (Lipinski definition) is 1. The fraction of sp³-hybridized carbons (Fsp3) is 0.684. The average molecular weight is 288 g/mol. The van der Waals surface area contributed by atoms with E-state index in [1.807, 2.05) is 0 Å². The van der Waals surface area contributed by atoms with Crippen LogP contribution in [0.4, 0.5) is 0 Å². The Bertz CT molecular complexity index is 422. The van der Waals surface area contributed by atoms with Crippen molar-refractivity contribution in [3.8, 4) is 0 Å². The summed E-state index contributed by atoms with van der Waals surface area (Å²) in [6, 6.07) is 10.3. The number of hydrogen-bond acceptors (Lipinski definition) is 2. The van der Waals surface area contributed by atoms with Crippen molar-refractivity contribution in [2.24, 2.45) is 0 Å². The van der Waals surface area contributed by atoms with Crippen LogP contribution >= 0.6 is 0 Å². The molecule has 2 rings (SSSR count). The molecule has 2 heteroatoms. The molecule has 1 aromatic carbocycles. The summed E-state index contributed by atoms with van der Waals surface area (Å²) in [4.78, 5) is 2.54. The SMILES string of the molecule is CCN1CCC(NC(C)c2ccc(C(C)(C)C)cc2)CC1. The van der Waals surface area contributed by atoms with Crippen LogP contribution in [0.3, 0.4) is 0 Å². The highest BCUT2D eigenvalue weighted by Gasteiger charge is 2.20. The van der Waals surface area contributed by atoms with E-state index in [1.54, 1.807) is 0 Å². The Morgan fingerprint density at radius 3 is 2.19 bits per heavy atom. The normalized spacial score (nSPS) is 19.7. The van der Waals surface area contributed by atoms with Gasteiger partial charge in [0.25, 0.3) is 0 Å². The van der Waals surface area contributed by atoms with Crippen LogP contribution in [0.1, 0.15) is 64.6 Å². The van der Waals surface area contributed by atoms with Crippen LogP contribution in [-0.4, -0.2) is 30.6 Å². The van der Waals surface area contributed by atoms with Crippen LogP contribution in [-0.2, 0) is 5.41 Å². The average Bonchev–Trinajstić information content (AvgIpc) is 2.47. The van der Waals surface area contributed by atoms with Gasteiger partial charge >= 0.3 is 0 Å². The molecular weight excluding hydrogens is 256 g/mol. The number of piperidine rings is 1. The molecule has 1 heterocycles. The number of nitrogens with one attached hydrogen (secondary N) is 1. The Hall–Kier alpha value is -0.860. The zero-order valence-electron chi connectivity index (χ0n) is 14.4. The van der Waals surface area contributed by atoms with E-state index in [1.165, 1.54) is 43.6 Å². The Morgan fingerprint density at radius 1 is 1.14 bits per heavy atom. The Balaban J connectivity index is 1.90. The third-order valence-electron chi connectivity index (χ3n) is 4.80. The second-order valence-electron chi connectivity index (χ2n) is 7.47. The molecule has 118 valence electrons. The lowest BCUT2D eigenvalue weighted by atomic mass is 9.86. The molecule has 1 saturated heterocycles. The highest BCUT2D eigenvalue weighted by molar-refractivity contribution is 5.29. The van der Waals surface area contributed by atoms with Crippen molar-refractivity contribution in [1.82, 2.24) is 10.2 Å². The first-order valence-electron chi connectivity index (χ1n) is 8.49. The second kappa shape index (κ2) is 6.93. The van der Waals surface area contributed by atoms with Crippen LogP contribution in [0.15, 0.2) is 24.3 Å². The number of nitrogens with zero attached hydrogens (tertiary/aromatic N) is 1. The van der Waals surface area contributed by atoms with E-state index in [-0.39, 0.29) is 5.41 Å². The first kappa shape index (κ1) is 16.5. The van der Waals surface area contributed by atoms with E-state index < -0.39 is 0 Å². The summed E-state index contributed by atoms with van der Waals surface area (Å²) in [6.07, 6.45) is 2.55. The molecule has 2 nitrogen and oxygen atoms in total. The van der Waals surface area contributed by atoms with Gasteiger partial charge < -0.3 is 10.2 Å². The Labute approximate surface area is 130 Å². The van der Waals surface area contributed by atoms with Crippen LogP contribution < -0.4 is 5.32 Å². The van der Waals surface area contributed by atoms with Crippen molar-refractivity contribution >= 4 is 0 Å². The summed E-state index contributed by atoms with van der Waals surface area (Å²) in [5.74, 6) is 0. The van der Waals surface area contributed by atoms with Crippen molar-refractivity contribution in [2.75, 3.05) is 19.6 Å². The molecule has 0 spiro atoms. The molecule has 0 aliphatic carbocycles. The number of benzene rings is 1. The minimum atomic E-state index is 0.238. The van der Waals surface area contributed by atoms with Gasteiger partial charge in [-0.05, 0) is 55.9 Å². The number of rotatable bonds is 4. The predicted molar refractivity (Wildman–Crippen MR) is 91.8 cm³/mol. The lowest BCUT2D eigenvalue weighted by Gasteiger charge is -2.33. The molecule has 1 atom stereocenters. The summed E-state index contributed by atoms with van der Waals surface area (Å²) in [5.41, 5.74) is 3.05. The molecular formula is C19H32N2. The second-order valence-corrected chi connectivity index (χ2v) is 7.47. The summed E-state index contributed by atoms with van der Waals surface area (Å²) in [5, 5.41) is 3.81. The van der Waals surface area contributed by atoms with Gasteiger partial charge in [-0.25, -0.2) is 0 Å². The zero-order chi connectivity index (χ0) is 15.5. The van der Waals surface area contributed by atoms with Gasteiger partial charge in [-0.15, -0.1) is 0 Å². The molecule has 1 aromatic rings. The van der Waals surface area contributed by atoms with Gasteiger partial charge in [0.05, 0.1) is 0 Å². The standard InChI is InChI=1S/C19H32N2/c1-6-21-13-11-18(12-14-21)20-15(2)16-7-9-17(10-8-16)19(3,4)5/h7-10,15,18,20H,6,11-14H2,1-5H3. The van der Waals surface area contributed by atoms with E-state index in [0.717, 1.165) is 0 Å². The Morgan fingerprint density at radius 2 is 1.71 bits per heavy atom. The Kier molecular flexibility index (Phi) is 5.45. The van der Waals surface area contributed by atoms with Gasteiger partial charge in [0.1, 0.15) is 0 Å². The van der Waals surface area contributed by atoms with E-state index in [4.69, 9.17) is 0 Å². The highest BCUT2D eigenvalue weighted by Crippen LogP contribution is 2.24. The van der Waals surface area contributed by atoms with Gasteiger partial charge in [0.15, 0.2) is 0 Å². The van der Waals surface area contributed by atoms with Crippen LogP contribution in [0, 0.1) is 0 Å². The maximum atomic E-state index is 3.81. The van der Waals surface area contributed by atoms with Crippen molar-refractivity contribution in [3.05, 3.63) is 35.4 Å². The molecule has 21 heavy (non-hydrogen) atoms. The highest BCUT2D eigenvalue weighted by atomic mass is 15.1. The van der Waals surface area contributed by atoms with E-state index in [0.29, 0.717) is 12.1 Å². The molecule has 0 saturated carbocycles. The third kappa shape index (κ3) is 4.55.